The van der Waals surface area contributed by atoms with E-state index >= 15 is 0 Å². The second-order valence-corrected chi connectivity index (χ2v) is 5.50. The summed E-state index contributed by atoms with van der Waals surface area (Å²) in [4.78, 5) is 6.56. The van der Waals surface area contributed by atoms with Gasteiger partial charge in [-0.2, -0.15) is 0 Å². The van der Waals surface area contributed by atoms with Crippen molar-refractivity contribution >= 4 is 0 Å². The number of nitrogens with one attached hydrogen (secondary N) is 1. The molecule has 0 aliphatic heterocycles. The van der Waals surface area contributed by atoms with Gasteiger partial charge < -0.3 is 10.2 Å². The first-order valence-corrected chi connectivity index (χ1v) is 5.70. The van der Waals surface area contributed by atoms with Gasteiger partial charge in [0.25, 0.3) is 0 Å². The first kappa shape index (κ1) is 13.1. The van der Waals surface area contributed by atoms with Gasteiger partial charge in [0.1, 0.15) is 0 Å². The molecule has 16 heavy (non-hydrogen) atoms. The van der Waals surface area contributed by atoms with E-state index in [4.69, 9.17) is 0 Å². The highest BCUT2D eigenvalue weighted by molar-refractivity contribution is 5.14. The quantitative estimate of drug-likeness (QED) is 0.843. The lowest BCUT2D eigenvalue weighted by Gasteiger charge is -2.20. The van der Waals surface area contributed by atoms with Gasteiger partial charge in [-0.05, 0) is 46.5 Å². The molecule has 0 aliphatic rings. The number of pyridine rings is 1. The minimum atomic E-state index is 0.155. The number of nitrogens with zero attached hydrogens (tertiary/aromatic N) is 2. The fourth-order valence-electron chi connectivity index (χ4n) is 1.34. The van der Waals surface area contributed by atoms with E-state index in [-0.39, 0.29) is 5.54 Å². The number of hydrogen-bond donors (Lipinski definition) is 1. The van der Waals surface area contributed by atoms with E-state index in [2.05, 4.69) is 62.2 Å². The lowest BCUT2D eigenvalue weighted by Crippen LogP contribution is -2.35. The highest BCUT2D eigenvalue weighted by atomic mass is 15.1. The molecule has 3 nitrogen and oxygen atoms in total. The number of hydrogen-bond acceptors (Lipinski definition) is 3. The Hall–Kier alpha value is -0.930. The third kappa shape index (κ3) is 5.24. The summed E-state index contributed by atoms with van der Waals surface area (Å²) in [6.07, 6.45) is 1.96. The summed E-state index contributed by atoms with van der Waals surface area (Å²) in [5, 5.41) is 3.45. The molecule has 0 aliphatic carbocycles. The predicted octanol–water partition coefficient (Wildman–Crippen LogP) is 2.03. The van der Waals surface area contributed by atoms with Crippen molar-refractivity contribution in [3.8, 4) is 0 Å². The van der Waals surface area contributed by atoms with Crippen molar-refractivity contribution in [2.24, 2.45) is 0 Å². The molecule has 1 rings (SSSR count). The Bertz CT molecular complexity index is 309. The van der Waals surface area contributed by atoms with Crippen molar-refractivity contribution in [1.82, 2.24) is 15.2 Å². The van der Waals surface area contributed by atoms with Crippen molar-refractivity contribution in [3.05, 3.63) is 29.6 Å². The van der Waals surface area contributed by atoms with Crippen LogP contribution in [0.4, 0.5) is 0 Å². The molecule has 1 N–H and O–H groups in total. The van der Waals surface area contributed by atoms with Gasteiger partial charge in [0.2, 0.25) is 0 Å². The Morgan fingerprint density at radius 2 is 1.94 bits per heavy atom. The molecule has 90 valence electrons. The van der Waals surface area contributed by atoms with E-state index in [0.29, 0.717) is 0 Å². The van der Waals surface area contributed by atoms with Gasteiger partial charge in [0.05, 0.1) is 5.69 Å². The molecule has 1 aromatic rings. The van der Waals surface area contributed by atoms with Crippen molar-refractivity contribution in [1.29, 1.82) is 0 Å². The van der Waals surface area contributed by atoms with Gasteiger partial charge in [0.15, 0.2) is 0 Å². The summed E-state index contributed by atoms with van der Waals surface area (Å²) in [5.41, 5.74) is 2.50. The molecule has 0 spiro atoms. The summed E-state index contributed by atoms with van der Waals surface area (Å²) in [6.45, 7) is 8.27. The third-order valence-electron chi connectivity index (χ3n) is 2.19. The minimum absolute atomic E-state index is 0.155. The summed E-state index contributed by atoms with van der Waals surface area (Å²) in [7, 11) is 4.10. The Labute approximate surface area is 98.9 Å². The average molecular weight is 221 g/mol. The fourth-order valence-corrected chi connectivity index (χ4v) is 1.34. The van der Waals surface area contributed by atoms with Crippen LogP contribution in [0.25, 0.3) is 0 Å². The van der Waals surface area contributed by atoms with Gasteiger partial charge in [-0.3, -0.25) is 4.98 Å². The summed E-state index contributed by atoms with van der Waals surface area (Å²) in [5.74, 6) is 0. The lowest BCUT2D eigenvalue weighted by molar-refractivity contribution is 0.396. The Kier molecular flexibility index (Phi) is 4.44. The highest BCUT2D eigenvalue weighted by Crippen LogP contribution is 2.05. The van der Waals surface area contributed by atoms with Crippen molar-refractivity contribution < 1.29 is 0 Å². The van der Waals surface area contributed by atoms with Crippen molar-refractivity contribution in [3.63, 3.8) is 0 Å². The molecule has 0 atom stereocenters. The SMILES string of the molecule is CN(C)Cc1ccc(CNC(C)(C)C)cn1. The van der Waals surface area contributed by atoms with Crippen LogP contribution in [0.2, 0.25) is 0 Å². The largest absolute Gasteiger partial charge is 0.308 e. The van der Waals surface area contributed by atoms with Crippen LogP contribution in [0.1, 0.15) is 32.0 Å². The molecule has 1 aromatic heterocycles. The van der Waals surface area contributed by atoms with E-state index in [0.717, 1.165) is 18.8 Å². The zero-order chi connectivity index (χ0) is 12.2. The van der Waals surface area contributed by atoms with Gasteiger partial charge >= 0.3 is 0 Å². The highest BCUT2D eigenvalue weighted by Gasteiger charge is 2.08. The van der Waals surface area contributed by atoms with E-state index < -0.39 is 0 Å². The van der Waals surface area contributed by atoms with Crippen LogP contribution >= 0.6 is 0 Å². The maximum absolute atomic E-state index is 4.44. The first-order chi connectivity index (χ1) is 7.37. The van der Waals surface area contributed by atoms with Crippen LogP contribution in [0, 0.1) is 0 Å². The molecule has 0 saturated heterocycles. The molecular formula is C13H23N3. The van der Waals surface area contributed by atoms with Gasteiger partial charge in [-0.25, -0.2) is 0 Å². The summed E-state index contributed by atoms with van der Waals surface area (Å²) >= 11 is 0. The van der Waals surface area contributed by atoms with Gasteiger partial charge in [-0.1, -0.05) is 6.07 Å². The maximum Gasteiger partial charge on any atom is 0.0543 e. The molecule has 0 bridgehead atoms. The van der Waals surface area contributed by atoms with E-state index in [1.54, 1.807) is 0 Å². The van der Waals surface area contributed by atoms with Crippen LogP contribution in [0.15, 0.2) is 18.3 Å². The average Bonchev–Trinajstić information content (AvgIpc) is 2.14. The second-order valence-electron chi connectivity index (χ2n) is 5.50. The Balaban J connectivity index is 2.51. The molecule has 3 heteroatoms. The molecule has 0 amide bonds. The number of aromatic nitrogens is 1. The van der Waals surface area contributed by atoms with Gasteiger partial charge in [0, 0.05) is 24.8 Å². The van der Waals surface area contributed by atoms with Crippen molar-refractivity contribution in [2.75, 3.05) is 14.1 Å². The Morgan fingerprint density at radius 1 is 1.25 bits per heavy atom. The topological polar surface area (TPSA) is 28.2 Å². The van der Waals surface area contributed by atoms with Crippen LogP contribution in [-0.4, -0.2) is 29.5 Å². The van der Waals surface area contributed by atoms with Gasteiger partial charge in [-0.15, -0.1) is 0 Å². The lowest BCUT2D eigenvalue weighted by atomic mass is 10.1. The fraction of sp³-hybridized carbons (Fsp3) is 0.615. The maximum atomic E-state index is 4.44. The summed E-state index contributed by atoms with van der Waals surface area (Å²) < 4.78 is 0. The molecular weight excluding hydrogens is 198 g/mol. The number of rotatable bonds is 4. The molecule has 0 aromatic carbocycles. The molecule has 0 saturated carbocycles. The molecule has 0 radical (unpaired) electrons. The van der Waals surface area contributed by atoms with Crippen LogP contribution in [0.3, 0.4) is 0 Å². The van der Waals surface area contributed by atoms with Crippen LogP contribution in [0.5, 0.6) is 0 Å². The zero-order valence-corrected chi connectivity index (χ0v) is 11.0. The third-order valence-corrected chi connectivity index (χ3v) is 2.19. The zero-order valence-electron chi connectivity index (χ0n) is 11.0. The molecule has 0 fully saturated rings. The smallest absolute Gasteiger partial charge is 0.0543 e. The second kappa shape index (κ2) is 5.41. The van der Waals surface area contributed by atoms with Crippen LogP contribution < -0.4 is 5.32 Å². The minimum Gasteiger partial charge on any atom is -0.308 e. The normalized spacial score (nSPS) is 12.1. The molecule has 0 unspecified atom stereocenters. The standard InChI is InChI=1S/C13H23N3/c1-13(2,3)15-9-11-6-7-12(14-8-11)10-16(4)5/h6-8,15H,9-10H2,1-5H3. The Morgan fingerprint density at radius 3 is 2.38 bits per heavy atom. The first-order valence-electron chi connectivity index (χ1n) is 5.70. The van der Waals surface area contributed by atoms with E-state index in [9.17, 15) is 0 Å². The van der Waals surface area contributed by atoms with E-state index in [1.165, 1.54) is 5.56 Å². The predicted molar refractivity (Wildman–Crippen MR) is 68.2 cm³/mol. The van der Waals surface area contributed by atoms with E-state index in [1.807, 2.05) is 6.20 Å². The monoisotopic (exact) mass is 221 g/mol. The van der Waals surface area contributed by atoms with Crippen molar-refractivity contribution in [2.45, 2.75) is 39.4 Å². The van der Waals surface area contributed by atoms with Crippen LogP contribution in [-0.2, 0) is 13.1 Å². The molecule has 1 heterocycles. The summed E-state index contributed by atoms with van der Waals surface area (Å²) in [6, 6.07) is 4.24.